The number of amides is 1. The number of rotatable bonds is 8. The fourth-order valence-electron chi connectivity index (χ4n) is 3.86. The molecule has 0 aliphatic heterocycles. The molecule has 4 rings (SSSR count). The van der Waals surface area contributed by atoms with Gasteiger partial charge >= 0.3 is 5.97 Å². The van der Waals surface area contributed by atoms with Crippen LogP contribution in [-0.4, -0.2) is 23.7 Å². The monoisotopic (exact) mass is 405 g/mol. The number of ketones is 1. The van der Waals surface area contributed by atoms with Gasteiger partial charge < -0.3 is 10.1 Å². The van der Waals surface area contributed by atoms with Gasteiger partial charge in [0.2, 0.25) is 6.10 Å². The van der Waals surface area contributed by atoms with E-state index in [0.29, 0.717) is 11.1 Å². The normalized spacial score (nSPS) is 16.3. The molecule has 1 amide bonds. The van der Waals surface area contributed by atoms with E-state index in [1.807, 2.05) is 24.3 Å². The van der Waals surface area contributed by atoms with Gasteiger partial charge in [-0.1, -0.05) is 42.5 Å². The summed E-state index contributed by atoms with van der Waals surface area (Å²) in [5, 5.41) is 2.89. The molecular weight excluding hydrogens is 378 g/mol. The Morgan fingerprint density at radius 2 is 1.67 bits per heavy atom. The fraction of sp³-hybridized carbons (Fsp3) is 0.400. The first-order valence-electron chi connectivity index (χ1n) is 10.8. The van der Waals surface area contributed by atoms with E-state index in [1.165, 1.54) is 17.5 Å². The van der Waals surface area contributed by atoms with Crippen LogP contribution < -0.4 is 5.32 Å². The van der Waals surface area contributed by atoms with Gasteiger partial charge in [0.1, 0.15) is 0 Å². The Morgan fingerprint density at radius 3 is 2.40 bits per heavy atom. The highest BCUT2D eigenvalue weighted by Crippen LogP contribution is 2.25. The van der Waals surface area contributed by atoms with E-state index in [1.54, 1.807) is 24.3 Å². The Morgan fingerprint density at radius 1 is 0.933 bits per heavy atom. The van der Waals surface area contributed by atoms with Crippen molar-refractivity contribution >= 4 is 17.7 Å². The maximum atomic E-state index is 12.6. The van der Waals surface area contributed by atoms with Gasteiger partial charge in [-0.15, -0.1) is 0 Å². The van der Waals surface area contributed by atoms with E-state index in [9.17, 15) is 14.4 Å². The molecule has 2 aromatic rings. The Balaban J connectivity index is 1.36. The summed E-state index contributed by atoms with van der Waals surface area (Å²) in [6.07, 6.45) is 5.38. The smallest absolute Gasteiger partial charge is 0.307 e. The summed E-state index contributed by atoms with van der Waals surface area (Å²) in [7, 11) is 0. The fourth-order valence-corrected chi connectivity index (χ4v) is 3.86. The lowest BCUT2D eigenvalue weighted by Crippen LogP contribution is -2.33. The first-order valence-corrected chi connectivity index (χ1v) is 10.8. The Kier molecular flexibility index (Phi) is 6.26. The molecule has 2 aliphatic rings. The molecule has 0 bridgehead atoms. The first-order chi connectivity index (χ1) is 14.6. The Hall–Kier alpha value is -2.95. The van der Waals surface area contributed by atoms with Gasteiger partial charge in [0, 0.05) is 23.6 Å². The van der Waals surface area contributed by atoms with Crippen LogP contribution in [0.4, 0.5) is 0 Å². The maximum absolute atomic E-state index is 12.6. The van der Waals surface area contributed by atoms with Crippen LogP contribution >= 0.6 is 0 Å². The van der Waals surface area contributed by atoms with E-state index in [4.69, 9.17) is 4.74 Å². The molecule has 0 saturated heterocycles. The summed E-state index contributed by atoms with van der Waals surface area (Å²) in [4.78, 5) is 37.6. The van der Waals surface area contributed by atoms with Crippen LogP contribution in [-0.2, 0) is 27.2 Å². The number of hydrogen-bond acceptors (Lipinski definition) is 4. The molecule has 2 aliphatic carbocycles. The molecule has 0 radical (unpaired) electrons. The highest BCUT2D eigenvalue weighted by Gasteiger charge is 2.30. The molecule has 1 N–H and O–H groups in total. The van der Waals surface area contributed by atoms with Crippen LogP contribution in [0.3, 0.4) is 0 Å². The predicted octanol–water partition coefficient (Wildman–Crippen LogP) is 4.09. The van der Waals surface area contributed by atoms with Crippen LogP contribution in [0.1, 0.15) is 71.7 Å². The quantitative estimate of drug-likeness (QED) is 0.530. The van der Waals surface area contributed by atoms with Crippen molar-refractivity contribution in [2.75, 3.05) is 0 Å². The third-order valence-corrected chi connectivity index (χ3v) is 5.74. The molecule has 0 heterocycles. The van der Waals surface area contributed by atoms with Gasteiger partial charge in [-0.3, -0.25) is 14.4 Å². The molecule has 1 fully saturated rings. The van der Waals surface area contributed by atoms with Gasteiger partial charge in [0.25, 0.3) is 5.91 Å². The summed E-state index contributed by atoms with van der Waals surface area (Å²) in [6.45, 7) is 0. The molecule has 1 atom stereocenters. The zero-order valence-electron chi connectivity index (χ0n) is 17.1. The molecule has 5 nitrogen and oxygen atoms in total. The lowest BCUT2D eigenvalue weighted by Gasteiger charge is -2.18. The average molecular weight is 405 g/mol. The van der Waals surface area contributed by atoms with Crippen molar-refractivity contribution < 1.29 is 19.1 Å². The summed E-state index contributed by atoms with van der Waals surface area (Å²) in [6, 6.07) is 15.0. The topological polar surface area (TPSA) is 72.5 Å². The maximum Gasteiger partial charge on any atom is 0.307 e. The zero-order chi connectivity index (χ0) is 20.9. The molecule has 1 unspecified atom stereocenters. The van der Waals surface area contributed by atoms with Crippen molar-refractivity contribution in [3.05, 3.63) is 70.8 Å². The molecule has 0 spiro atoms. The van der Waals surface area contributed by atoms with Crippen molar-refractivity contribution in [3.63, 3.8) is 0 Å². The second-order valence-electron chi connectivity index (χ2n) is 8.18. The number of Topliss-reactive ketones (excluding diaryl/α,β-unsaturated/α-hetero) is 1. The van der Waals surface area contributed by atoms with Crippen molar-refractivity contribution in [1.29, 1.82) is 0 Å². The predicted molar refractivity (Wildman–Crippen MR) is 113 cm³/mol. The minimum absolute atomic E-state index is 0.0457. The van der Waals surface area contributed by atoms with Crippen LogP contribution in [0.25, 0.3) is 0 Å². The third-order valence-electron chi connectivity index (χ3n) is 5.74. The van der Waals surface area contributed by atoms with Gasteiger partial charge in [0.15, 0.2) is 5.78 Å². The van der Waals surface area contributed by atoms with E-state index >= 15 is 0 Å². The summed E-state index contributed by atoms with van der Waals surface area (Å²) >= 11 is 0. The molecule has 5 heteroatoms. The number of nitrogens with one attached hydrogen (secondary N) is 1. The zero-order valence-corrected chi connectivity index (χ0v) is 17.1. The number of hydrogen-bond donors (Lipinski definition) is 1. The lowest BCUT2D eigenvalue weighted by molar-refractivity contribution is -0.156. The van der Waals surface area contributed by atoms with Crippen LogP contribution in [0, 0.1) is 0 Å². The number of carbonyl (C=O) groups is 3. The largest absolute Gasteiger partial charge is 0.447 e. The van der Waals surface area contributed by atoms with Gasteiger partial charge in [0.05, 0.1) is 6.42 Å². The minimum atomic E-state index is -0.988. The summed E-state index contributed by atoms with van der Waals surface area (Å²) in [5.74, 6) is -0.918. The van der Waals surface area contributed by atoms with E-state index in [2.05, 4.69) is 5.32 Å². The van der Waals surface area contributed by atoms with Crippen molar-refractivity contribution in [1.82, 2.24) is 5.32 Å². The number of benzene rings is 2. The average Bonchev–Trinajstić information content (AvgIpc) is 3.60. The summed E-state index contributed by atoms with van der Waals surface area (Å²) < 4.78 is 5.50. The summed E-state index contributed by atoms with van der Waals surface area (Å²) in [5.41, 5.74) is 3.85. The molecule has 156 valence electrons. The number of ether oxygens (including phenoxy) is 1. The lowest BCUT2D eigenvalue weighted by atomic mass is 9.89. The second-order valence-corrected chi connectivity index (χ2v) is 8.18. The molecule has 30 heavy (non-hydrogen) atoms. The van der Waals surface area contributed by atoms with Crippen LogP contribution in [0.15, 0.2) is 48.5 Å². The minimum Gasteiger partial charge on any atom is -0.447 e. The van der Waals surface area contributed by atoms with Crippen molar-refractivity contribution in [2.24, 2.45) is 0 Å². The van der Waals surface area contributed by atoms with Crippen molar-refractivity contribution in [2.45, 2.75) is 63.5 Å². The standard InChI is InChI=1S/C25H27NO4/c27-22(20-11-10-17-6-4-5-9-19(17)16-20)14-15-23(28)30-24(18-7-2-1-3-8-18)25(29)26-21-12-13-21/h1-3,7-8,10-11,16,21,24H,4-6,9,12-15H2,(H,26,29). The highest BCUT2D eigenvalue weighted by molar-refractivity contribution is 5.98. The highest BCUT2D eigenvalue weighted by atomic mass is 16.5. The first kappa shape index (κ1) is 20.3. The van der Waals surface area contributed by atoms with Crippen LogP contribution in [0.5, 0.6) is 0 Å². The number of esters is 1. The van der Waals surface area contributed by atoms with Gasteiger partial charge in [-0.2, -0.15) is 0 Å². The van der Waals surface area contributed by atoms with E-state index in [0.717, 1.165) is 32.1 Å². The Bertz CT molecular complexity index is 933. The van der Waals surface area contributed by atoms with Gasteiger partial charge in [-0.25, -0.2) is 0 Å². The van der Waals surface area contributed by atoms with Crippen molar-refractivity contribution in [3.8, 4) is 0 Å². The molecular formula is C25H27NO4. The Labute approximate surface area is 176 Å². The second kappa shape index (κ2) is 9.24. The number of aryl methyl sites for hydroxylation is 2. The SMILES string of the molecule is O=C(CCC(=O)c1ccc2c(c1)CCCC2)OC(C(=O)NC1CC1)c1ccccc1. The van der Waals surface area contributed by atoms with E-state index < -0.39 is 12.1 Å². The molecule has 0 aromatic heterocycles. The number of fused-ring (bicyclic) bond motifs is 1. The molecule has 2 aromatic carbocycles. The van der Waals surface area contributed by atoms with Gasteiger partial charge in [-0.05, 0) is 55.7 Å². The third kappa shape index (κ3) is 5.15. The number of carbonyl (C=O) groups excluding carboxylic acids is 3. The van der Waals surface area contributed by atoms with E-state index in [-0.39, 0.29) is 30.6 Å². The van der Waals surface area contributed by atoms with Crippen LogP contribution in [0.2, 0.25) is 0 Å². The molecule has 1 saturated carbocycles.